The minimum absolute atomic E-state index is 0.176. The van der Waals surface area contributed by atoms with Crippen LogP contribution in [0.15, 0.2) is 42.5 Å². The maximum Gasteiger partial charge on any atom is 0.239 e. The predicted octanol–water partition coefficient (Wildman–Crippen LogP) is 1.82. The van der Waals surface area contributed by atoms with E-state index in [9.17, 15) is 13.2 Å². The molecule has 0 aliphatic carbocycles. The minimum atomic E-state index is -3.60. The molecule has 3 rings (SSSR count). The summed E-state index contributed by atoms with van der Waals surface area (Å²) in [5.74, 6) is 0.529. The number of carbonyl (C=O) groups is 1. The van der Waals surface area contributed by atoms with Crippen LogP contribution in [0.4, 0.5) is 5.69 Å². The van der Waals surface area contributed by atoms with E-state index in [0.29, 0.717) is 36.0 Å². The highest BCUT2D eigenvalue weighted by atomic mass is 32.2. The molecule has 2 aromatic carbocycles. The lowest BCUT2D eigenvalue weighted by molar-refractivity contribution is -0.115. The first-order valence-corrected chi connectivity index (χ1v) is 9.79. The van der Waals surface area contributed by atoms with Crippen molar-refractivity contribution >= 4 is 21.6 Å². The lowest BCUT2D eigenvalue weighted by Gasteiger charge is -2.19. The molecule has 0 saturated carbocycles. The minimum Gasteiger partial charge on any atom is -0.486 e. The van der Waals surface area contributed by atoms with E-state index in [4.69, 9.17) is 9.47 Å². The molecule has 7 nitrogen and oxygen atoms in total. The summed E-state index contributed by atoms with van der Waals surface area (Å²) in [6.45, 7) is 2.52. The van der Waals surface area contributed by atoms with Crippen LogP contribution in [0.25, 0.3) is 0 Å². The van der Waals surface area contributed by atoms with E-state index in [1.54, 1.807) is 30.3 Å². The maximum absolute atomic E-state index is 12.1. The van der Waals surface area contributed by atoms with Gasteiger partial charge in [0.05, 0.1) is 12.3 Å². The summed E-state index contributed by atoms with van der Waals surface area (Å²) < 4.78 is 37.4. The molecule has 0 atom stereocenters. The van der Waals surface area contributed by atoms with E-state index >= 15 is 0 Å². The Morgan fingerprint density at radius 1 is 1.04 bits per heavy atom. The number of carbonyl (C=O) groups excluding carboxylic acids is 1. The van der Waals surface area contributed by atoms with Crippen molar-refractivity contribution in [3.8, 4) is 11.5 Å². The zero-order valence-corrected chi connectivity index (χ0v) is 15.1. The number of sulfonamides is 1. The summed E-state index contributed by atoms with van der Waals surface area (Å²) in [6, 6.07) is 12.2. The molecule has 1 aliphatic heterocycles. The van der Waals surface area contributed by atoms with Crippen LogP contribution in [0.1, 0.15) is 11.1 Å². The Morgan fingerprint density at radius 2 is 1.73 bits per heavy atom. The molecule has 1 heterocycles. The second kappa shape index (κ2) is 7.76. The number of rotatable bonds is 6. The molecule has 1 amide bonds. The highest BCUT2D eigenvalue weighted by Gasteiger charge is 2.15. The molecule has 0 unspecified atom stereocenters. The van der Waals surface area contributed by atoms with Crippen LogP contribution in [0.5, 0.6) is 11.5 Å². The lowest BCUT2D eigenvalue weighted by atomic mass is 10.2. The molecule has 2 aromatic rings. The van der Waals surface area contributed by atoms with Crippen molar-refractivity contribution < 1.29 is 22.7 Å². The number of fused-ring (bicyclic) bond motifs is 1. The Balaban J connectivity index is 1.54. The van der Waals surface area contributed by atoms with Crippen LogP contribution < -0.4 is 19.5 Å². The van der Waals surface area contributed by atoms with Gasteiger partial charge >= 0.3 is 0 Å². The normalized spacial score (nSPS) is 13.3. The van der Waals surface area contributed by atoms with E-state index < -0.39 is 15.9 Å². The lowest BCUT2D eigenvalue weighted by Crippen LogP contribution is -2.33. The Hall–Kier alpha value is -2.58. The number of hydrogen-bond acceptors (Lipinski definition) is 5. The predicted molar refractivity (Wildman–Crippen MR) is 97.9 cm³/mol. The van der Waals surface area contributed by atoms with Gasteiger partial charge in [-0.25, -0.2) is 13.1 Å². The van der Waals surface area contributed by atoms with Crippen LogP contribution >= 0.6 is 0 Å². The molecule has 0 radical (unpaired) electrons. The summed E-state index contributed by atoms with van der Waals surface area (Å²) in [5.41, 5.74) is 2.23. The van der Waals surface area contributed by atoms with Gasteiger partial charge in [-0.3, -0.25) is 4.79 Å². The van der Waals surface area contributed by atoms with Gasteiger partial charge in [0.15, 0.2) is 11.5 Å². The monoisotopic (exact) mass is 376 g/mol. The fraction of sp³-hybridized carbons (Fsp3) is 0.278. The summed E-state index contributed by atoms with van der Waals surface area (Å²) in [7, 11) is -3.60. The average Bonchev–Trinajstić information content (AvgIpc) is 2.62. The van der Waals surface area contributed by atoms with Crippen molar-refractivity contribution in [3.63, 3.8) is 0 Å². The van der Waals surface area contributed by atoms with Crippen LogP contribution in [0, 0.1) is 6.92 Å². The van der Waals surface area contributed by atoms with Crippen molar-refractivity contribution in [2.24, 2.45) is 0 Å². The third-order valence-corrected chi connectivity index (χ3v) is 5.05. The molecule has 138 valence electrons. The summed E-state index contributed by atoms with van der Waals surface area (Å²) in [4.78, 5) is 12.0. The van der Waals surface area contributed by atoms with Gasteiger partial charge in [-0.1, -0.05) is 29.8 Å². The fourth-order valence-corrected chi connectivity index (χ4v) is 3.54. The topological polar surface area (TPSA) is 93.7 Å². The molecule has 8 heteroatoms. The first-order valence-electron chi connectivity index (χ1n) is 8.14. The molecule has 1 aliphatic rings. The zero-order valence-electron chi connectivity index (χ0n) is 14.3. The standard InChI is InChI=1S/C18H20N2O5S/c1-13-2-4-14(5-3-13)12-26(22,23)19-11-18(21)20-15-6-7-16-17(10-15)25-9-8-24-16/h2-7,10,19H,8-9,11-12H2,1H3,(H,20,21). The molecule has 0 fully saturated rings. The number of amides is 1. The van der Waals surface area contributed by atoms with Gasteiger partial charge in [0.2, 0.25) is 15.9 Å². The van der Waals surface area contributed by atoms with E-state index in [2.05, 4.69) is 10.0 Å². The van der Waals surface area contributed by atoms with E-state index in [1.165, 1.54) is 0 Å². The largest absolute Gasteiger partial charge is 0.486 e. The Morgan fingerprint density at radius 3 is 2.46 bits per heavy atom. The van der Waals surface area contributed by atoms with Crippen molar-refractivity contribution in [1.82, 2.24) is 4.72 Å². The van der Waals surface area contributed by atoms with Crippen LogP contribution in [0.2, 0.25) is 0 Å². The summed E-state index contributed by atoms with van der Waals surface area (Å²) in [6.07, 6.45) is 0. The third kappa shape index (κ3) is 4.96. The van der Waals surface area contributed by atoms with Gasteiger partial charge < -0.3 is 14.8 Å². The van der Waals surface area contributed by atoms with Crippen molar-refractivity contribution in [2.45, 2.75) is 12.7 Å². The van der Waals surface area contributed by atoms with Gasteiger partial charge in [-0.05, 0) is 24.6 Å². The fourth-order valence-electron chi connectivity index (χ4n) is 2.46. The maximum atomic E-state index is 12.1. The van der Waals surface area contributed by atoms with Crippen LogP contribution in [-0.4, -0.2) is 34.1 Å². The number of benzene rings is 2. The Kier molecular flexibility index (Phi) is 5.43. The average molecular weight is 376 g/mol. The molecule has 0 aromatic heterocycles. The molecule has 0 spiro atoms. The van der Waals surface area contributed by atoms with Crippen molar-refractivity contribution in [1.29, 1.82) is 0 Å². The van der Waals surface area contributed by atoms with Gasteiger partial charge in [-0.15, -0.1) is 0 Å². The quantitative estimate of drug-likeness (QED) is 0.802. The second-order valence-corrected chi connectivity index (χ2v) is 7.78. The summed E-state index contributed by atoms with van der Waals surface area (Å²) in [5, 5.41) is 2.63. The van der Waals surface area contributed by atoms with E-state index in [-0.39, 0.29) is 12.3 Å². The smallest absolute Gasteiger partial charge is 0.239 e. The Labute approximate surface area is 152 Å². The molecule has 2 N–H and O–H groups in total. The highest BCUT2D eigenvalue weighted by Crippen LogP contribution is 2.32. The number of hydrogen-bond donors (Lipinski definition) is 2. The van der Waals surface area contributed by atoms with Crippen LogP contribution in [-0.2, 0) is 20.6 Å². The van der Waals surface area contributed by atoms with Gasteiger partial charge in [0.1, 0.15) is 13.2 Å². The molecule has 0 saturated heterocycles. The number of ether oxygens (including phenoxy) is 2. The molecule has 0 bridgehead atoms. The molecule has 26 heavy (non-hydrogen) atoms. The van der Waals surface area contributed by atoms with E-state index in [0.717, 1.165) is 5.56 Å². The van der Waals surface area contributed by atoms with Gasteiger partial charge in [0, 0.05) is 11.8 Å². The van der Waals surface area contributed by atoms with Gasteiger partial charge in [0.25, 0.3) is 0 Å². The summed E-state index contributed by atoms with van der Waals surface area (Å²) >= 11 is 0. The van der Waals surface area contributed by atoms with Crippen LogP contribution in [0.3, 0.4) is 0 Å². The van der Waals surface area contributed by atoms with Crippen molar-refractivity contribution in [2.75, 3.05) is 25.1 Å². The zero-order chi connectivity index (χ0) is 18.6. The highest BCUT2D eigenvalue weighted by molar-refractivity contribution is 7.88. The first-order chi connectivity index (χ1) is 12.4. The third-order valence-electron chi connectivity index (χ3n) is 3.76. The number of nitrogens with one attached hydrogen (secondary N) is 2. The molecular weight excluding hydrogens is 356 g/mol. The van der Waals surface area contributed by atoms with Gasteiger partial charge in [-0.2, -0.15) is 0 Å². The van der Waals surface area contributed by atoms with Crippen molar-refractivity contribution in [3.05, 3.63) is 53.6 Å². The number of aryl methyl sites for hydroxylation is 1. The molecular formula is C18H20N2O5S. The Bertz CT molecular complexity index is 894. The number of anilines is 1. The van der Waals surface area contributed by atoms with E-state index in [1.807, 2.05) is 19.1 Å². The second-order valence-electron chi connectivity index (χ2n) is 5.97. The SMILES string of the molecule is Cc1ccc(CS(=O)(=O)NCC(=O)Nc2ccc3c(c2)OCCO3)cc1. The first kappa shape index (κ1) is 18.2.